The van der Waals surface area contributed by atoms with E-state index in [1.807, 2.05) is 83.1 Å². The summed E-state index contributed by atoms with van der Waals surface area (Å²) in [7, 11) is 0. The number of nitrogens with one attached hydrogen (secondary N) is 2. The zero-order valence-corrected chi connectivity index (χ0v) is 29.8. The van der Waals surface area contributed by atoms with E-state index in [9.17, 15) is 24.3 Å². The van der Waals surface area contributed by atoms with E-state index in [0.717, 1.165) is 27.2 Å². The monoisotopic (exact) mass is 693 g/mol. The van der Waals surface area contributed by atoms with Crippen LogP contribution in [-0.4, -0.2) is 76.6 Å². The Balaban J connectivity index is 1.23. The van der Waals surface area contributed by atoms with Crippen molar-refractivity contribution in [2.75, 3.05) is 13.2 Å². The minimum Gasteiger partial charge on any atom is -0.456 e. The zero-order valence-electron chi connectivity index (χ0n) is 28.9. The van der Waals surface area contributed by atoms with Crippen LogP contribution in [0.15, 0.2) is 59.1 Å². The lowest BCUT2D eigenvalue weighted by Crippen LogP contribution is -2.63. The van der Waals surface area contributed by atoms with Crippen LogP contribution in [0.1, 0.15) is 56.4 Å². The third kappa shape index (κ3) is 8.30. The van der Waals surface area contributed by atoms with Crippen LogP contribution in [0.2, 0.25) is 0 Å². The molecule has 0 aromatic heterocycles. The normalized spacial score (nSPS) is 24.3. The number of hydrogen-bond donors (Lipinski definition) is 3. The molecule has 2 saturated heterocycles. The van der Waals surface area contributed by atoms with Crippen LogP contribution in [-0.2, 0) is 41.8 Å². The van der Waals surface area contributed by atoms with Gasteiger partial charge in [-0.25, -0.2) is 9.59 Å². The number of β-lactam (4-membered cyclic amide) rings is 1. The number of aliphatic hydroxyl groups excluding tert-OH is 1. The van der Waals surface area contributed by atoms with Crippen molar-refractivity contribution in [1.29, 1.82) is 0 Å². The van der Waals surface area contributed by atoms with Gasteiger partial charge in [-0.2, -0.15) is 0 Å². The zero-order chi connectivity index (χ0) is 35.4. The summed E-state index contributed by atoms with van der Waals surface area (Å²) in [4.78, 5) is 54.9. The number of amides is 3. The molecule has 3 aliphatic heterocycles. The number of fused-ring (bicyclic) bond motifs is 1. The van der Waals surface area contributed by atoms with Crippen LogP contribution in [0, 0.1) is 31.6 Å². The molecule has 2 fully saturated rings. The molecule has 2 aromatic carbocycles. The average molecular weight is 694 g/mol. The molecule has 2 aromatic rings. The molecule has 3 aliphatic rings. The molecule has 0 radical (unpaired) electrons. The third-order valence-electron chi connectivity index (χ3n) is 9.41. The molecular weight excluding hydrogens is 646 g/mol. The number of aryl methyl sites for hydroxylation is 2. The highest BCUT2D eigenvalue weighted by atomic mass is 32.2. The van der Waals surface area contributed by atoms with E-state index in [0.29, 0.717) is 13.0 Å². The fraction of sp³-hybridized carbons (Fsp3) is 0.514. The summed E-state index contributed by atoms with van der Waals surface area (Å²) in [6, 6.07) is 14.2. The lowest BCUT2D eigenvalue weighted by Gasteiger charge is -2.46. The van der Waals surface area contributed by atoms with Crippen molar-refractivity contribution in [3.8, 4) is 0 Å². The highest BCUT2D eigenvalue weighted by molar-refractivity contribution is 8.03. The number of carbonyl (C=O) groups excluding carboxylic acids is 4. The first-order chi connectivity index (χ1) is 23.3. The van der Waals surface area contributed by atoms with Gasteiger partial charge in [0.05, 0.1) is 24.2 Å². The van der Waals surface area contributed by atoms with E-state index < -0.39 is 30.1 Å². The van der Waals surface area contributed by atoms with Crippen molar-refractivity contribution in [3.05, 3.63) is 81.4 Å². The van der Waals surface area contributed by atoms with E-state index >= 15 is 0 Å². The molecule has 0 aliphatic carbocycles. The molecule has 3 amide bonds. The van der Waals surface area contributed by atoms with Crippen molar-refractivity contribution in [1.82, 2.24) is 15.5 Å². The van der Waals surface area contributed by atoms with Crippen molar-refractivity contribution < 1.29 is 38.5 Å². The Morgan fingerprint density at radius 2 is 1.57 bits per heavy atom. The summed E-state index contributed by atoms with van der Waals surface area (Å²) in [6.07, 6.45) is -1.25. The Labute approximate surface area is 292 Å². The molecule has 7 atom stereocenters. The third-order valence-corrected chi connectivity index (χ3v) is 11.1. The minimum atomic E-state index is -0.856. The number of benzene rings is 2. The number of nitrogens with zero attached hydrogens (tertiary/aromatic N) is 1. The summed E-state index contributed by atoms with van der Waals surface area (Å²) in [5.74, 6) is -2.25. The standard InChI is InChI=1S/C37H47N3O8S/c1-20(2)30(39-37(45)48-19-26-13-9-22(4)10-14-26)34(42)38-17-27-28(15-16-46-27)49-33-23(5)31-29(24(6)41)35(43)40(31)32(33)36(44)47-18-25-11-7-21(3)8-12-25/h7-14,20,23-24,27-31,41H,15-19H2,1-6H3,(H,38,42)(H,39,45)/t23-,24-,27-,28-,29-,30+,31-/m1/s1. The lowest BCUT2D eigenvalue weighted by atomic mass is 9.79. The fourth-order valence-electron chi connectivity index (χ4n) is 6.54. The molecule has 0 saturated carbocycles. The van der Waals surface area contributed by atoms with Gasteiger partial charge in [0, 0.05) is 29.2 Å². The molecule has 11 nitrogen and oxygen atoms in total. The van der Waals surface area contributed by atoms with E-state index in [4.69, 9.17) is 14.2 Å². The quantitative estimate of drug-likeness (QED) is 0.206. The number of thioether (sulfide) groups is 1. The smallest absolute Gasteiger partial charge is 0.408 e. The molecule has 0 bridgehead atoms. The van der Waals surface area contributed by atoms with Crippen LogP contribution >= 0.6 is 11.8 Å². The second-order valence-electron chi connectivity index (χ2n) is 13.6. The van der Waals surface area contributed by atoms with E-state index in [1.165, 1.54) is 16.7 Å². The Kier molecular flexibility index (Phi) is 11.7. The average Bonchev–Trinajstić information content (AvgIpc) is 3.61. The van der Waals surface area contributed by atoms with Crippen molar-refractivity contribution in [2.45, 2.75) is 90.7 Å². The number of esters is 1. The Hall–Kier alpha value is -3.87. The fourth-order valence-corrected chi connectivity index (χ4v) is 8.05. The molecule has 3 heterocycles. The second kappa shape index (κ2) is 15.8. The number of aliphatic hydroxyl groups is 1. The number of carbonyl (C=O) groups is 4. The van der Waals surface area contributed by atoms with Gasteiger partial charge in [-0.1, -0.05) is 80.4 Å². The van der Waals surface area contributed by atoms with Crippen LogP contribution in [0.5, 0.6) is 0 Å². The maximum atomic E-state index is 13.6. The predicted molar refractivity (Wildman–Crippen MR) is 185 cm³/mol. The summed E-state index contributed by atoms with van der Waals surface area (Å²) in [6.45, 7) is 12.0. The van der Waals surface area contributed by atoms with E-state index in [1.54, 1.807) is 6.92 Å². The van der Waals surface area contributed by atoms with Gasteiger partial charge in [0.25, 0.3) is 0 Å². The predicted octanol–water partition coefficient (Wildman–Crippen LogP) is 4.37. The second-order valence-corrected chi connectivity index (χ2v) is 14.8. The number of alkyl carbamates (subject to hydrolysis) is 1. The maximum Gasteiger partial charge on any atom is 0.408 e. The summed E-state index contributed by atoms with van der Waals surface area (Å²) in [5.41, 5.74) is 4.10. The maximum absolute atomic E-state index is 13.6. The van der Waals surface area contributed by atoms with Gasteiger partial charge in [-0.3, -0.25) is 9.59 Å². The van der Waals surface area contributed by atoms with Crippen LogP contribution in [0.4, 0.5) is 4.79 Å². The summed E-state index contributed by atoms with van der Waals surface area (Å²) in [5, 5.41) is 15.9. The van der Waals surface area contributed by atoms with Crippen molar-refractivity contribution >= 4 is 35.6 Å². The first-order valence-electron chi connectivity index (χ1n) is 16.9. The van der Waals surface area contributed by atoms with Crippen LogP contribution in [0.25, 0.3) is 0 Å². The SMILES string of the molecule is Cc1ccc(COC(=O)N[C@H](C(=O)NC[C@H]2OCC[C@H]2SC2=C(C(=O)OCc3ccc(C)cc3)N3C(=O)[C@H]([C@@H](C)O)[C@H]3[C@H]2C)C(C)C)cc1. The Bertz CT molecular complexity index is 1560. The summed E-state index contributed by atoms with van der Waals surface area (Å²) >= 11 is 1.47. The molecule has 0 spiro atoms. The van der Waals surface area contributed by atoms with Crippen LogP contribution < -0.4 is 10.6 Å². The summed E-state index contributed by atoms with van der Waals surface area (Å²) < 4.78 is 17.1. The topological polar surface area (TPSA) is 143 Å². The molecule has 12 heteroatoms. The van der Waals surface area contributed by atoms with Gasteiger partial charge in [0.2, 0.25) is 11.8 Å². The van der Waals surface area contributed by atoms with E-state index in [2.05, 4.69) is 10.6 Å². The van der Waals surface area contributed by atoms with Gasteiger partial charge in [0.1, 0.15) is 25.0 Å². The Morgan fingerprint density at radius 1 is 0.980 bits per heavy atom. The molecule has 49 heavy (non-hydrogen) atoms. The van der Waals surface area contributed by atoms with E-state index in [-0.39, 0.29) is 66.5 Å². The number of hydrogen-bond acceptors (Lipinski definition) is 9. The van der Waals surface area contributed by atoms with Gasteiger partial charge in [-0.05, 0) is 44.2 Å². The Morgan fingerprint density at radius 3 is 2.14 bits per heavy atom. The molecule has 264 valence electrons. The minimum absolute atomic E-state index is 0.0627. The first kappa shape index (κ1) is 36.4. The van der Waals surface area contributed by atoms with Crippen molar-refractivity contribution in [2.24, 2.45) is 17.8 Å². The molecular formula is C37H47N3O8S. The highest BCUT2D eigenvalue weighted by Crippen LogP contribution is 2.52. The van der Waals surface area contributed by atoms with Gasteiger partial charge >= 0.3 is 12.1 Å². The largest absolute Gasteiger partial charge is 0.456 e. The molecule has 0 unspecified atom stereocenters. The number of ether oxygens (including phenoxy) is 3. The molecule has 5 rings (SSSR count). The van der Waals surface area contributed by atoms with Gasteiger partial charge in [-0.15, -0.1) is 11.8 Å². The van der Waals surface area contributed by atoms with Gasteiger partial charge < -0.3 is 34.9 Å². The van der Waals surface area contributed by atoms with Gasteiger partial charge in [0.15, 0.2) is 0 Å². The number of rotatable bonds is 13. The van der Waals surface area contributed by atoms with Crippen LogP contribution in [0.3, 0.4) is 0 Å². The lowest BCUT2D eigenvalue weighted by molar-refractivity contribution is -0.164. The highest BCUT2D eigenvalue weighted by Gasteiger charge is 2.60. The van der Waals surface area contributed by atoms with Crippen molar-refractivity contribution in [3.63, 3.8) is 0 Å². The molecule has 3 N–H and O–H groups in total. The first-order valence-corrected chi connectivity index (χ1v) is 17.8.